The zero-order chi connectivity index (χ0) is 9.56. The van der Waals surface area contributed by atoms with Gasteiger partial charge in [0.05, 0.1) is 18.7 Å². The number of aliphatic imine (C=N–C) groups is 1. The highest BCUT2D eigenvalue weighted by molar-refractivity contribution is 5.35. The number of hydrogen-bond donors (Lipinski definition) is 1. The molecule has 1 N–H and O–H groups in total. The van der Waals surface area contributed by atoms with Gasteiger partial charge in [-0.2, -0.15) is 0 Å². The molecule has 0 heterocycles. The van der Waals surface area contributed by atoms with E-state index in [9.17, 15) is 0 Å². The second kappa shape index (κ2) is 5.89. The first-order valence-electron chi connectivity index (χ1n) is 4.00. The van der Waals surface area contributed by atoms with Crippen molar-refractivity contribution in [2.75, 3.05) is 34.7 Å². The molecular weight excluding hydrogens is 152 g/mol. The Morgan fingerprint density at radius 2 is 1.75 bits per heavy atom. The minimum Gasteiger partial charge on any atom is -0.294 e. The van der Waals surface area contributed by atoms with Gasteiger partial charge in [-0.3, -0.25) is 9.80 Å². The Morgan fingerprint density at radius 1 is 1.25 bits per heavy atom. The number of nitrogens with zero attached hydrogens (tertiary/aromatic N) is 3. The first-order chi connectivity index (χ1) is 5.59. The van der Waals surface area contributed by atoms with Gasteiger partial charge in [0, 0.05) is 0 Å². The van der Waals surface area contributed by atoms with E-state index in [4.69, 9.17) is 5.41 Å². The fraction of sp³-hybridized carbons (Fsp3) is 0.875. The molecule has 0 bridgehead atoms. The zero-order valence-electron chi connectivity index (χ0n) is 8.33. The van der Waals surface area contributed by atoms with Gasteiger partial charge in [-0.05, 0) is 34.6 Å². The molecule has 4 nitrogen and oxygen atoms in total. The van der Waals surface area contributed by atoms with Crippen LogP contribution in [0.3, 0.4) is 0 Å². The molecule has 70 valence electrons. The molecule has 0 aromatic carbocycles. The van der Waals surface area contributed by atoms with Crippen LogP contribution in [-0.2, 0) is 0 Å². The van der Waals surface area contributed by atoms with Crippen LogP contribution < -0.4 is 0 Å². The summed E-state index contributed by atoms with van der Waals surface area (Å²) >= 11 is 0. The second-order valence-corrected chi connectivity index (χ2v) is 3.19. The Labute approximate surface area is 74.4 Å². The third-order valence-electron chi connectivity index (χ3n) is 1.77. The van der Waals surface area contributed by atoms with E-state index < -0.39 is 0 Å². The summed E-state index contributed by atoms with van der Waals surface area (Å²) in [4.78, 5) is 8.02. The van der Waals surface area contributed by atoms with Gasteiger partial charge >= 0.3 is 0 Å². The van der Waals surface area contributed by atoms with Crippen LogP contribution in [0.15, 0.2) is 4.99 Å². The maximum absolute atomic E-state index is 6.62. The lowest BCUT2D eigenvalue weighted by molar-refractivity contribution is 0.123. The van der Waals surface area contributed by atoms with E-state index in [1.807, 2.05) is 34.2 Å². The summed E-state index contributed by atoms with van der Waals surface area (Å²) in [6, 6.07) is 2.04. The Balaban J connectivity index is 3.87. The fourth-order valence-electron chi connectivity index (χ4n) is 1.21. The van der Waals surface area contributed by atoms with Crippen LogP contribution in [0.5, 0.6) is 0 Å². The molecule has 0 rings (SSSR count). The quantitative estimate of drug-likeness (QED) is 0.484. The van der Waals surface area contributed by atoms with E-state index in [-0.39, 0.29) is 0 Å². The van der Waals surface area contributed by atoms with E-state index in [0.717, 1.165) is 6.42 Å². The maximum Gasteiger partial charge on any atom is 0.0861 e. The average molecular weight is 170 g/mol. The van der Waals surface area contributed by atoms with Gasteiger partial charge in [-0.15, -0.1) is 0 Å². The normalized spacial score (nSPS) is 10.9. The third-order valence-corrected chi connectivity index (χ3v) is 1.77. The van der Waals surface area contributed by atoms with Crippen molar-refractivity contribution in [1.82, 2.24) is 9.80 Å². The maximum atomic E-state index is 6.62. The molecule has 0 aromatic heterocycles. The van der Waals surface area contributed by atoms with Crippen LogP contribution in [0.4, 0.5) is 0 Å². The summed E-state index contributed by atoms with van der Waals surface area (Å²) in [5.74, 6) is 0. The monoisotopic (exact) mass is 170 g/mol. The highest BCUT2D eigenvalue weighted by atomic mass is 15.3. The molecule has 0 aliphatic rings. The summed E-state index contributed by atoms with van der Waals surface area (Å²) in [5, 5.41) is 6.62. The number of hydrogen-bond acceptors (Lipinski definition) is 4. The van der Waals surface area contributed by atoms with E-state index in [1.54, 1.807) is 0 Å². The van der Waals surface area contributed by atoms with Gasteiger partial charge < -0.3 is 0 Å². The molecule has 0 fully saturated rings. The molecule has 0 aromatic rings. The summed E-state index contributed by atoms with van der Waals surface area (Å²) in [7, 11) is 8.16. The summed E-state index contributed by atoms with van der Waals surface area (Å²) < 4.78 is 0. The van der Waals surface area contributed by atoms with Crippen molar-refractivity contribution in [2.45, 2.75) is 12.6 Å². The van der Waals surface area contributed by atoms with Crippen molar-refractivity contribution in [3.8, 4) is 0 Å². The van der Waals surface area contributed by atoms with Gasteiger partial charge in [-0.25, -0.2) is 10.4 Å². The van der Waals surface area contributed by atoms with E-state index in [0.29, 0.717) is 12.7 Å². The van der Waals surface area contributed by atoms with Crippen LogP contribution >= 0.6 is 0 Å². The van der Waals surface area contributed by atoms with Crippen molar-refractivity contribution in [2.24, 2.45) is 4.99 Å². The molecule has 0 aliphatic carbocycles. The lowest BCUT2D eigenvalue weighted by atomic mass is 10.3. The van der Waals surface area contributed by atoms with Gasteiger partial charge in [0.15, 0.2) is 0 Å². The van der Waals surface area contributed by atoms with Crippen molar-refractivity contribution in [3.05, 3.63) is 0 Å². The highest BCUT2D eigenvalue weighted by Crippen LogP contribution is 2.02. The van der Waals surface area contributed by atoms with Gasteiger partial charge in [-0.1, -0.05) is 0 Å². The van der Waals surface area contributed by atoms with Crippen LogP contribution in [0.25, 0.3) is 0 Å². The Bertz CT molecular complexity index is 150. The lowest BCUT2D eigenvalue weighted by Gasteiger charge is -2.29. The number of rotatable bonds is 5. The van der Waals surface area contributed by atoms with Crippen LogP contribution in [0, 0.1) is 5.41 Å². The van der Waals surface area contributed by atoms with Gasteiger partial charge in [0.1, 0.15) is 0 Å². The Kier molecular flexibility index (Phi) is 5.54. The van der Waals surface area contributed by atoms with Crippen molar-refractivity contribution in [3.63, 3.8) is 0 Å². The van der Waals surface area contributed by atoms with Crippen molar-refractivity contribution >= 4 is 6.01 Å². The summed E-state index contributed by atoms with van der Waals surface area (Å²) in [5.41, 5.74) is 0. The largest absolute Gasteiger partial charge is 0.294 e. The van der Waals surface area contributed by atoms with Gasteiger partial charge in [0.2, 0.25) is 0 Å². The fourth-order valence-corrected chi connectivity index (χ4v) is 1.21. The van der Waals surface area contributed by atoms with Crippen LogP contribution in [0.2, 0.25) is 0 Å². The molecule has 0 saturated carbocycles. The predicted octanol–water partition coefficient (Wildman–Crippen LogP) is 0.578. The van der Waals surface area contributed by atoms with Crippen molar-refractivity contribution in [1.29, 1.82) is 5.41 Å². The zero-order valence-corrected chi connectivity index (χ0v) is 8.33. The molecule has 4 heteroatoms. The minimum absolute atomic E-state index is 0.391. The number of nitrogens with one attached hydrogen (secondary N) is 1. The molecular formula is C8H18N4. The topological polar surface area (TPSA) is 42.7 Å². The molecule has 0 saturated heterocycles. The lowest BCUT2D eigenvalue weighted by Crippen LogP contribution is -2.40. The Hall–Kier alpha value is -0.700. The smallest absolute Gasteiger partial charge is 0.0861 e. The average Bonchev–Trinajstić information content (AvgIpc) is 1.96. The predicted molar refractivity (Wildman–Crippen MR) is 50.8 cm³/mol. The standard InChI is InChI=1S/C8H18N4/c1-11(2)8(12(3)4)5-6-10-7-9/h8-9H,5-6H2,1-4H3. The van der Waals surface area contributed by atoms with Crippen molar-refractivity contribution < 1.29 is 0 Å². The van der Waals surface area contributed by atoms with E-state index in [1.165, 1.54) is 0 Å². The van der Waals surface area contributed by atoms with Crippen LogP contribution in [-0.4, -0.2) is 56.7 Å². The highest BCUT2D eigenvalue weighted by Gasteiger charge is 2.11. The molecule has 0 amide bonds. The minimum atomic E-state index is 0.391. The third kappa shape index (κ3) is 4.23. The molecule has 0 atom stereocenters. The SMILES string of the molecule is CN(C)C(CCN=C=N)N(C)C. The first kappa shape index (κ1) is 11.3. The molecule has 0 aliphatic heterocycles. The van der Waals surface area contributed by atoms with E-state index in [2.05, 4.69) is 14.8 Å². The summed E-state index contributed by atoms with van der Waals surface area (Å²) in [6.07, 6.45) is 1.33. The van der Waals surface area contributed by atoms with Gasteiger partial charge in [0.25, 0.3) is 0 Å². The first-order valence-corrected chi connectivity index (χ1v) is 4.00. The van der Waals surface area contributed by atoms with E-state index >= 15 is 0 Å². The Morgan fingerprint density at radius 3 is 2.08 bits per heavy atom. The molecule has 0 unspecified atom stereocenters. The molecule has 0 radical (unpaired) electrons. The second-order valence-electron chi connectivity index (χ2n) is 3.19. The van der Waals surface area contributed by atoms with Crippen LogP contribution in [0.1, 0.15) is 6.42 Å². The summed E-state index contributed by atoms with van der Waals surface area (Å²) in [6.45, 7) is 0.671. The molecule has 12 heavy (non-hydrogen) atoms. The molecule has 0 spiro atoms.